The molecule has 0 atom stereocenters. The van der Waals surface area contributed by atoms with Crippen LogP contribution in [0.25, 0.3) is 5.57 Å². The number of anilines is 2. The number of aromatic nitrogens is 1. The molecule has 13 nitrogen and oxygen atoms in total. The number of rotatable bonds is 8. The lowest BCUT2D eigenvalue weighted by atomic mass is 10.2. The fourth-order valence-electron chi connectivity index (χ4n) is 2.77. The number of carboxylic acids is 1. The molecule has 2 heterocycles. The molecule has 3 N–H and O–H groups in total. The molecule has 0 aliphatic carbocycles. The van der Waals surface area contributed by atoms with E-state index < -0.39 is 46.8 Å². The molecule has 1 aliphatic heterocycles. The van der Waals surface area contributed by atoms with Crippen LogP contribution in [0, 0.1) is 15.9 Å². The quantitative estimate of drug-likeness (QED) is 0.143. The van der Waals surface area contributed by atoms with E-state index in [1.807, 2.05) is 0 Å². The zero-order chi connectivity index (χ0) is 26.6. The van der Waals surface area contributed by atoms with Crippen LogP contribution in [0.4, 0.5) is 25.7 Å². The van der Waals surface area contributed by atoms with Crippen molar-refractivity contribution in [2.24, 2.45) is 0 Å². The van der Waals surface area contributed by atoms with Gasteiger partial charge in [0.1, 0.15) is 16.4 Å². The monoisotopic (exact) mass is 555 g/mol. The van der Waals surface area contributed by atoms with Crippen molar-refractivity contribution in [3.8, 4) is 0 Å². The first-order valence-corrected chi connectivity index (χ1v) is 11.8. The second kappa shape index (κ2) is 11.2. The van der Waals surface area contributed by atoms with Crippen LogP contribution in [0.15, 0.2) is 28.5 Å². The number of thiazole rings is 1. The van der Waals surface area contributed by atoms with Gasteiger partial charge in [-0.25, -0.2) is 14.6 Å². The van der Waals surface area contributed by atoms with Crippen molar-refractivity contribution in [1.29, 1.82) is 0 Å². The van der Waals surface area contributed by atoms with E-state index in [2.05, 4.69) is 15.6 Å². The van der Waals surface area contributed by atoms with E-state index in [-0.39, 0.29) is 37.9 Å². The van der Waals surface area contributed by atoms with Gasteiger partial charge in [-0.1, -0.05) is 24.0 Å². The van der Waals surface area contributed by atoms with Gasteiger partial charge in [-0.05, 0) is 19.1 Å². The van der Waals surface area contributed by atoms with Gasteiger partial charge in [0.2, 0.25) is 5.82 Å². The van der Waals surface area contributed by atoms with E-state index in [0.717, 1.165) is 34.4 Å². The number of benzene rings is 1. The molecule has 0 unspecified atom stereocenters. The second-order valence-electron chi connectivity index (χ2n) is 6.62. The average molecular weight is 556 g/mol. The molecule has 1 aromatic heterocycles. The number of thiocarbonyl (C=S) groups is 1. The Balaban J connectivity index is 1.85. The minimum atomic E-state index is -1.30. The van der Waals surface area contributed by atoms with Gasteiger partial charge in [0.15, 0.2) is 5.13 Å². The Morgan fingerprint density at radius 3 is 2.69 bits per heavy atom. The molecule has 36 heavy (non-hydrogen) atoms. The topological polar surface area (TPSA) is 181 Å². The third-order valence-electron chi connectivity index (χ3n) is 4.23. The summed E-state index contributed by atoms with van der Waals surface area (Å²) >= 11 is 6.65. The Bertz CT molecular complexity index is 1330. The highest BCUT2D eigenvalue weighted by atomic mass is 32.2. The first-order valence-electron chi connectivity index (χ1n) is 9.66. The number of ether oxygens (including phenoxy) is 1. The van der Waals surface area contributed by atoms with Crippen LogP contribution in [-0.4, -0.2) is 61.3 Å². The number of carbonyl (C=O) groups excluding carboxylic acids is 3. The van der Waals surface area contributed by atoms with Crippen LogP contribution in [0.1, 0.15) is 12.6 Å². The summed E-state index contributed by atoms with van der Waals surface area (Å²) in [5.41, 5.74) is -1.20. The summed E-state index contributed by atoms with van der Waals surface area (Å²) in [6, 6.07) is 1.90. The lowest BCUT2D eigenvalue weighted by Gasteiger charge is -2.11. The number of carboxylic acid groups (broad SMARTS) is 1. The molecule has 0 spiro atoms. The molecule has 2 aromatic rings. The lowest BCUT2D eigenvalue weighted by molar-refractivity contribution is -0.387. The van der Waals surface area contributed by atoms with Crippen LogP contribution >= 0.6 is 35.3 Å². The second-order valence-corrected chi connectivity index (χ2v) is 9.12. The number of nitrogens with one attached hydrogen (secondary N) is 2. The summed E-state index contributed by atoms with van der Waals surface area (Å²) in [4.78, 5) is 63.5. The Morgan fingerprint density at radius 1 is 1.33 bits per heavy atom. The van der Waals surface area contributed by atoms with Gasteiger partial charge in [-0.2, -0.15) is 4.39 Å². The van der Waals surface area contributed by atoms with E-state index in [9.17, 15) is 33.7 Å². The third kappa shape index (κ3) is 5.99. The number of esters is 1. The van der Waals surface area contributed by atoms with E-state index in [1.165, 1.54) is 5.38 Å². The summed E-state index contributed by atoms with van der Waals surface area (Å²) in [5, 5.41) is 25.9. The van der Waals surface area contributed by atoms with Crippen LogP contribution in [-0.2, 0) is 19.1 Å². The molecule has 3 amide bonds. The van der Waals surface area contributed by atoms with Gasteiger partial charge >= 0.3 is 23.7 Å². The van der Waals surface area contributed by atoms with Crippen molar-refractivity contribution in [1.82, 2.24) is 9.88 Å². The van der Waals surface area contributed by atoms with Crippen LogP contribution < -0.4 is 10.6 Å². The Morgan fingerprint density at radius 2 is 2.06 bits per heavy atom. The highest BCUT2D eigenvalue weighted by Gasteiger charge is 2.38. The Kier molecular flexibility index (Phi) is 8.28. The Labute approximate surface area is 214 Å². The number of carbonyl (C=O) groups is 4. The molecule has 17 heteroatoms. The molecule has 188 valence electrons. The van der Waals surface area contributed by atoms with Crippen molar-refractivity contribution < 1.29 is 38.3 Å². The molecular weight excluding hydrogens is 541 g/mol. The number of aliphatic carboxylic acids is 1. The van der Waals surface area contributed by atoms with E-state index in [1.54, 1.807) is 6.92 Å². The predicted octanol–water partition coefficient (Wildman–Crippen LogP) is 3.05. The summed E-state index contributed by atoms with van der Waals surface area (Å²) < 4.78 is 18.4. The van der Waals surface area contributed by atoms with Crippen molar-refractivity contribution >= 4 is 85.6 Å². The number of hydrogen-bond donors (Lipinski definition) is 3. The van der Waals surface area contributed by atoms with Gasteiger partial charge in [0, 0.05) is 17.1 Å². The molecule has 3 rings (SSSR count). The number of halogens is 1. The Hall–Kier alpha value is -3.96. The predicted molar refractivity (Wildman–Crippen MR) is 131 cm³/mol. The maximum absolute atomic E-state index is 13.5. The van der Waals surface area contributed by atoms with Gasteiger partial charge in [0.25, 0.3) is 5.91 Å². The van der Waals surface area contributed by atoms with Crippen LogP contribution in [0.5, 0.6) is 0 Å². The molecule has 1 saturated heterocycles. The molecule has 1 aliphatic rings. The summed E-state index contributed by atoms with van der Waals surface area (Å²) in [6.07, 6.45) is 0. The van der Waals surface area contributed by atoms with Gasteiger partial charge in [0.05, 0.1) is 22.1 Å². The fourth-order valence-corrected chi connectivity index (χ4v) is 4.79. The SMILES string of the molecule is CCOC(=O)/C(=C1\SC(=S)N(CC(=O)O)C1=O)c1csc(NC(=O)Nc2ccc(F)c([N+](=O)[O-])c2)n1. The standard InChI is InChI=1S/C19H14FN5O8S3/c1-2-33-16(29)13(14-15(28)24(6-12(26)27)19(34)36-14)10-7-35-18(22-10)23-17(30)21-8-3-4-9(20)11(5-8)25(31)32/h3-5,7H,2,6H2,1H3,(H,26,27)(H2,21,22,23,30)/b14-13-. The van der Waals surface area contributed by atoms with Crippen molar-refractivity contribution in [3.05, 3.63) is 50.1 Å². The average Bonchev–Trinajstić information content (AvgIpc) is 3.35. The number of nitro groups is 1. The van der Waals surface area contributed by atoms with E-state index in [4.69, 9.17) is 22.1 Å². The summed E-state index contributed by atoms with van der Waals surface area (Å²) in [6.45, 7) is 0.818. The molecular formula is C19H14FN5O8S3. The van der Waals surface area contributed by atoms with Gasteiger partial charge in [-0.15, -0.1) is 11.3 Å². The molecule has 0 radical (unpaired) electrons. The van der Waals surface area contributed by atoms with Crippen molar-refractivity contribution in [2.45, 2.75) is 6.92 Å². The number of hydrogen-bond acceptors (Lipinski definition) is 11. The zero-order valence-corrected chi connectivity index (χ0v) is 20.4. The molecule has 1 fully saturated rings. The highest BCUT2D eigenvalue weighted by molar-refractivity contribution is 8.26. The van der Waals surface area contributed by atoms with E-state index in [0.29, 0.717) is 11.8 Å². The first kappa shape index (κ1) is 26.6. The number of thioether (sulfide) groups is 1. The van der Waals surface area contributed by atoms with Crippen molar-refractivity contribution in [3.63, 3.8) is 0 Å². The third-order valence-corrected chi connectivity index (χ3v) is 6.44. The molecule has 0 saturated carbocycles. The number of nitro benzene ring substituents is 1. The minimum absolute atomic E-state index is 0.0260. The first-order chi connectivity index (χ1) is 17.0. The van der Waals surface area contributed by atoms with Crippen molar-refractivity contribution in [2.75, 3.05) is 23.8 Å². The maximum Gasteiger partial charge on any atom is 0.341 e. The zero-order valence-electron chi connectivity index (χ0n) is 18.0. The minimum Gasteiger partial charge on any atom is -0.480 e. The molecule has 0 bridgehead atoms. The summed E-state index contributed by atoms with van der Waals surface area (Å²) in [7, 11) is 0. The van der Waals surface area contributed by atoms with Gasteiger partial charge < -0.3 is 15.2 Å². The normalized spacial score (nSPS) is 14.4. The number of amides is 3. The van der Waals surface area contributed by atoms with E-state index >= 15 is 0 Å². The largest absolute Gasteiger partial charge is 0.480 e. The summed E-state index contributed by atoms with van der Waals surface area (Å²) in [5.74, 6) is -4.10. The molecule has 1 aromatic carbocycles. The van der Waals surface area contributed by atoms with Crippen LogP contribution in [0.3, 0.4) is 0 Å². The fraction of sp³-hybridized carbons (Fsp3) is 0.158. The number of nitrogens with zero attached hydrogens (tertiary/aromatic N) is 3. The lowest BCUT2D eigenvalue weighted by Crippen LogP contribution is -2.33. The van der Waals surface area contributed by atoms with Crippen LogP contribution in [0.2, 0.25) is 0 Å². The number of urea groups is 1. The van der Waals surface area contributed by atoms with Gasteiger partial charge in [-0.3, -0.25) is 29.9 Å². The smallest absolute Gasteiger partial charge is 0.341 e. The highest BCUT2D eigenvalue weighted by Crippen LogP contribution is 2.38. The maximum atomic E-state index is 13.5.